The fourth-order valence-corrected chi connectivity index (χ4v) is 5.05. The smallest absolute Gasteiger partial charge is 0.216 e. The van der Waals surface area contributed by atoms with Crippen LogP contribution in [0.3, 0.4) is 0 Å². The molecular formula is C18H28N2O4S. The Balaban J connectivity index is 1.47. The molecule has 0 aromatic carbocycles. The van der Waals surface area contributed by atoms with Crippen LogP contribution in [0.5, 0.6) is 0 Å². The number of hydrogen-bond acceptors (Lipinski definition) is 5. The lowest BCUT2D eigenvalue weighted by Crippen LogP contribution is -2.66. The number of ether oxygens (including phenoxy) is 2. The zero-order chi connectivity index (χ0) is 18.1. The summed E-state index contributed by atoms with van der Waals surface area (Å²) in [5, 5.41) is -0.380. The van der Waals surface area contributed by atoms with Gasteiger partial charge in [-0.05, 0) is 51.7 Å². The van der Waals surface area contributed by atoms with E-state index in [9.17, 15) is 8.42 Å². The Labute approximate surface area is 150 Å². The molecule has 0 saturated carbocycles. The summed E-state index contributed by atoms with van der Waals surface area (Å²) in [5.74, 6) is 0.358. The molecule has 0 amide bonds. The second kappa shape index (κ2) is 7.31. The minimum atomic E-state index is -3.18. The predicted molar refractivity (Wildman–Crippen MR) is 95.7 cm³/mol. The highest BCUT2D eigenvalue weighted by Crippen LogP contribution is 2.43. The van der Waals surface area contributed by atoms with Crippen molar-refractivity contribution in [1.82, 2.24) is 9.29 Å². The SMILES string of the molecule is Cc1cccc(COCCC2CCOC23CN(S(=O)(=O)C(C)C)C3)n1. The molecule has 140 valence electrons. The molecule has 2 fully saturated rings. The number of hydrogen-bond donors (Lipinski definition) is 0. The van der Waals surface area contributed by atoms with Gasteiger partial charge in [-0.2, -0.15) is 4.31 Å². The summed E-state index contributed by atoms with van der Waals surface area (Å²) >= 11 is 0. The van der Waals surface area contributed by atoms with Gasteiger partial charge in [0.1, 0.15) is 0 Å². The second-order valence-electron chi connectivity index (χ2n) is 7.37. The van der Waals surface area contributed by atoms with E-state index >= 15 is 0 Å². The Hall–Kier alpha value is -1.02. The molecule has 2 aliphatic rings. The summed E-state index contributed by atoms with van der Waals surface area (Å²) in [6.45, 7) is 8.24. The van der Waals surface area contributed by atoms with Crippen molar-refractivity contribution in [3.8, 4) is 0 Å². The zero-order valence-corrected chi connectivity index (χ0v) is 16.1. The molecule has 0 N–H and O–H groups in total. The van der Waals surface area contributed by atoms with Gasteiger partial charge in [0, 0.05) is 32.0 Å². The molecule has 3 rings (SSSR count). The Morgan fingerprint density at radius 2 is 2.16 bits per heavy atom. The highest BCUT2D eigenvalue weighted by atomic mass is 32.2. The largest absolute Gasteiger partial charge is 0.375 e. The lowest BCUT2D eigenvalue weighted by molar-refractivity contribution is -0.106. The molecule has 0 bridgehead atoms. The van der Waals surface area contributed by atoms with E-state index in [1.165, 1.54) is 0 Å². The third-order valence-electron chi connectivity index (χ3n) is 5.25. The van der Waals surface area contributed by atoms with E-state index in [1.54, 1.807) is 18.2 Å². The topological polar surface area (TPSA) is 68.7 Å². The van der Waals surface area contributed by atoms with E-state index in [0.717, 1.165) is 24.2 Å². The maximum Gasteiger partial charge on any atom is 0.216 e. The minimum absolute atomic E-state index is 0.299. The van der Waals surface area contributed by atoms with E-state index < -0.39 is 10.0 Å². The van der Waals surface area contributed by atoms with E-state index in [0.29, 0.717) is 38.8 Å². The van der Waals surface area contributed by atoms with E-state index in [2.05, 4.69) is 4.98 Å². The standard InChI is InChI=1S/C18H28N2O4S/c1-14(2)25(21,22)20-12-18(13-20)16(8-10-24-18)7-9-23-11-17-6-4-5-15(3)19-17/h4-6,14,16H,7-13H2,1-3H3. The molecule has 1 aromatic rings. The van der Waals surface area contributed by atoms with Gasteiger partial charge in [-0.15, -0.1) is 0 Å². The quantitative estimate of drug-likeness (QED) is 0.690. The maximum absolute atomic E-state index is 12.2. The number of pyridine rings is 1. The van der Waals surface area contributed by atoms with Crippen LogP contribution in [0.25, 0.3) is 0 Å². The number of sulfonamides is 1. The molecule has 2 aliphatic heterocycles. The molecule has 6 nitrogen and oxygen atoms in total. The molecule has 1 unspecified atom stereocenters. The molecule has 0 radical (unpaired) electrons. The summed E-state index contributed by atoms with van der Waals surface area (Å²) in [7, 11) is -3.18. The highest BCUT2D eigenvalue weighted by molar-refractivity contribution is 7.89. The van der Waals surface area contributed by atoms with Gasteiger partial charge in [0.05, 0.1) is 23.2 Å². The van der Waals surface area contributed by atoms with Crippen LogP contribution in [0.4, 0.5) is 0 Å². The Kier molecular flexibility index (Phi) is 5.48. The molecule has 25 heavy (non-hydrogen) atoms. The van der Waals surface area contributed by atoms with Crippen molar-refractivity contribution in [2.24, 2.45) is 5.92 Å². The Bertz CT molecular complexity index is 699. The first-order valence-electron chi connectivity index (χ1n) is 8.97. The van der Waals surface area contributed by atoms with Crippen LogP contribution in [0.15, 0.2) is 18.2 Å². The summed E-state index contributed by atoms with van der Waals surface area (Å²) in [4.78, 5) is 4.43. The first-order chi connectivity index (χ1) is 11.8. The number of nitrogens with zero attached hydrogens (tertiary/aromatic N) is 2. The first-order valence-corrected chi connectivity index (χ1v) is 10.5. The lowest BCUT2D eigenvalue weighted by Gasteiger charge is -2.49. The molecular weight excluding hydrogens is 340 g/mol. The van der Waals surface area contributed by atoms with Crippen molar-refractivity contribution in [3.05, 3.63) is 29.6 Å². The molecule has 7 heteroatoms. The molecule has 1 aromatic heterocycles. The van der Waals surface area contributed by atoms with Crippen LogP contribution in [0.2, 0.25) is 0 Å². The van der Waals surface area contributed by atoms with E-state index in [4.69, 9.17) is 9.47 Å². The van der Waals surface area contributed by atoms with Crippen molar-refractivity contribution in [3.63, 3.8) is 0 Å². The van der Waals surface area contributed by atoms with Gasteiger partial charge in [-0.1, -0.05) is 6.07 Å². The second-order valence-corrected chi connectivity index (χ2v) is 9.86. The summed E-state index contributed by atoms with van der Waals surface area (Å²) in [5.41, 5.74) is 1.63. The van der Waals surface area contributed by atoms with Crippen LogP contribution in [0, 0.1) is 12.8 Å². The Morgan fingerprint density at radius 1 is 1.40 bits per heavy atom. The highest BCUT2D eigenvalue weighted by Gasteiger charge is 2.56. The Morgan fingerprint density at radius 3 is 2.84 bits per heavy atom. The fraction of sp³-hybridized carbons (Fsp3) is 0.722. The zero-order valence-electron chi connectivity index (χ0n) is 15.3. The van der Waals surface area contributed by atoms with E-state index in [-0.39, 0.29) is 10.9 Å². The normalized spacial score (nSPS) is 23.3. The van der Waals surface area contributed by atoms with Gasteiger partial charge < -0.3 is 9.47 Å². The number of rotatable bonds is 7. The van der Waals surface area contributed by atoms with Crippen molar-refractivity contribution in [2.75, 3.05) is 26.3 Å². The molecule has 1 spiro atoms. The van der Waals surface area contributed by atoms with Crippen LogP contribution < -0.4 is 0 Å². The maximum atomic E-state index is 12.2. The monoisotopic (exact) mass is 368 g/mol. The van der Waals surface area contributed by atoms with Gasteiger partial charge in [0.2, 0.25) is 10.0 Å². The van der Waals surface area contributed by atoms with Gasteiger partial charge in [-0.25, -0.2) is 8.42 Å². The average Bonchev–Trinajstić information content (AvgIpc) is 2.94. The van der Waals surface area contributed by atoms with Crippen molar-refractivity contribution in [2.45, 2.75) is 51.1 Å². The van der Waals surface area contributed by atoms with Crippen LogP contribution in [-0.4, -0.2) is 54.9 Å². The number of aromatic nitrogens is 1. The van der Waals surface area contributed by atoms with E-state index in [1.807, 2.05) is 25.1 Å². The summed E-state index contributed by atoms with van der Waals surface area (Å²) in [6, 6.07) is 5.92. The van der Waals surface area contributed by atoms with Crippen molar-refractivity contribution in [1.29, 1.82) is 0 Å². The number of aryl methyl sites for hydroxylation is 1. The molecule has 3 heterocycles. The summed E-state index contributed by atoms with van der Waals surface area (Å²) in [6.07, 6.45) is 1.86. The van der Waals surface area contributed by atoms with Crippen LogP contribution in [-0.2, 0) is 26.1 Å². The predicted octanol–water partition coefficient (Wildman–Crippen LogP) is 2.13. The van der Waals surface area contributed by atoms with Crippen molar-refractivity contribution < 1.29 is 17.9 Å². The summed E-state index contributed by atoms with van der Waals surface area (Å²) < 4.78 is 37.8. The lowest BCUT2D eigenvalue weighted by atomic mass is 9.80. The molecule has 0 aliphatic carbocycles. The third-order valence-corrected chi connectivity index (χ3v) is 7.42. The fourth-order valence-electron chi connectivity index (χ4n) is 3.65. The first kappa shape index (κ1) is 18.8. The van der Waals surface area contributed by atoms with Gasteiger partial charge in [0.15, 0.2) is 0 Å². The van der Waals surface area contributed by atoms with Gasteiger partial charge in [-0.3, -0.25) is 4.98 Å². The molecule has 2 saturated heterocycles. The van der Waals surface area contributed by atoms with Gasteiger partial charge in [0.25, 0.3) is 0 Å². The third kappa shape index (κ3) is 3.89. The van der Waals surface area contributed by atoms with Crippen LogP contribution >= 0.6 is 0 Å². The van der Waals surface area contributed by atoms with Crippen molar-refractivity contribution >= 4 is 10.0 Å². The molecule has 1 atom stereocenters. The average molecular weight is 368 g/mol. The van der Waals surface area contributed by atoms with Crippen LogP contribution in [0.1, 0.15) is 38.1 Å². The van der Waals surface area contributed by atoms with Gasteiger partial charge >= 0.3 is 0 Å². The minimum Gasteiger partial charge on any atom is -0.375 e.